The molecule has 22 heavy (non-hydrogen) atoms. The number of nitrogens with one attached hydrogen (secondary N) is 1. The van der Waals surface area contributed by atoms with Crippen molar-refractivity contribution in [2.45, 2.75) is 13.3 Å². The zero-order valence-corrected chi connectivity index (χ0v) is 12.1. The van der Waals surface area contributed by atoms with Gasteiger partial charge in [-0.25, -0.2) is 9.97 Å². The van der Waals surface area contributed by atoms with Crippen molar-refractivity contribution in [3.05, 3.63) is 66.4 Å². The molecule has 0 saturated heterocycles. The lowest BCUT2D eigenvalue weighted by atomic mass is 10.2. The lowest BCUT2D eigenvalue weighted by molar-refractivity contribution is 0.0995. The second-order valence-electron chi connectivity index (χ2n) is 4.74. The molecule has 0 saturated carbocycles. The van der Waals surface area contributed by atoms with Gasteiger partial charge in [0, 0.05) is 12.0 Å². The number of rotatable bonds is 4. The van der Waals surface area contributed by atoms with Gasteiger partial charge in [0.2, 0.25) is 0 Å². The molecule has 0 aliphatic carbocycles. The SMILES string of the molecule is CCc1ccc(C(=O)Nc2cnc(-c3ccccc3)nc2)o1. The Kier molecular flexibility index (Phi) is 3.96. The molecule has 2 heterocycles. The van der Waals surface area contributed by atoms with Gasteiger partial charge in [0.25, 0.3) is 5.91 Å². The number of anilines is 1. The number of hydrogen-bond acceptors (Lipinski definition) is 4. The lowest BCUT2D eigenvalue weighted by Gasteiger charge is -2.04. The second-order valence-corrected chi connectivity index (χ2v) is 4.74. The molecule has 0 bridgehead atoms. The largest absolute Gasteiger partial charge is 0.456 e. The highest BCUT2D eigenvalue weighted by Crippen LogP contribution is 2.16. The number of benzene rings is 1. The smallest absolute Gasteiger partial charge is 0.291 e. The molecule has 5 nitrogen and oxygen atoms in total. The van der Waals surface area contributed by atoms with Crippen LogP contribution in [0, 0.1) is 0 Å². The van der Waals surface area contributed by atoms with Crippen molar-refractivity contribution >= 4 is 11.6 Å². The van der Waals surface area contributed by atoms with Crippen molar-refractivity contribution in [2.75, 3.05) is 5.32 Å². The van der Waals surface area contributed by atoms with Gasteiger partial charge >= 0.3 is 0 Å². The molecule has 0 aliphatic heterocycles. The Labute approximate surface area is 128 Å². The first-order valence-electron chi connectivity index (χ1n) is 7.04. The number of furan rings is 1. The number of aryl methyl sites for hydroxylation is 1. The first kappa shape index (κ1) is 14.0. The highest BCUT2D eigenvalue weighted by Gasteiger charge is 2.11. The Hall–Kier alpha value is -2.95. The summed E-state index contributed by atoms with van der Waals surface area (Å²) in [4.78, 5) is 20.6. The predicted octanol–water partition coefficient (Wildman–Crippen LogP) is 3.55. The van der Waals surface area contributed by atoms with Crippen LogP contribution in [0.5, 0.6) is 0 Å². The van der Waals surface area contributed by atoms with Gasteiger partial charge in [-0.05, 0) is 12.1 Å². The zero-order chi connectivity index (χ0) is 15.4. The molecule has 110 valence electrons. The Bertz CT molecular complexity index is 764. The Balaban J connectivity index is 1.72. The zero-order valence-electron chi connectivity index (χ0n) is 12.1. The summed E-state index contributed by atoms with van der Waals surface area (Å²) in [5.41, 5.74) is 1.46. The number of hydrogen-bond donors (Lipinski definition) is 1. The van der Waals surface area contributed by atoms with E-state index in [-0.39, 0.29) is 11.7 Å². The number of nitrogens with zero attached hydrogens (tertiary/aromatic N) is 2. The molecule has 0 aliphatic rings. The quantitative estimate of drug-likeness (QED) is 0.798. The van der Waals surface area contributed by atoms with Crippen LogP contribution in [0.3, 0.4) is 0 Å². The molecule has 5 heteroatoms. The normalized spacial score (nSPS) is 10.4. The van der Waals surface area contributed by atoms with Crippen molar-refractivity contribution in [3.63, 3.8) is 0 Å². The molecule has 2 aromatic heterocycles. The summed E-state index contributed by atoms with van der Waals surface area (Å²) < 4.78 is 5.41. The van der Waals surface area contributed by atoms with E-state index in [1.54, 1.807) is 24.5 Å². The van der Waals surface area contributed by atoms with Gasteiger partial charge in [-0.3, -0.25) is 4.79 Å². The molecule has 0 radical (unpaired) electrons. The second kappa shape index (κ2) is 6.22. The van der Waals surface area contributed by atoms with Gasteiger partial charge in [-0.1, -0.05) is 37.3 Å². The molecule has 1 amide bonds. The molecular formula is C17H15N3O2. The first-order chi connectivity index (χ1) is 10.8. The van der Waals surface area contributed by atoms with Crippen LogP contribution in [-0.4, -0.2) is 15.9 Å². The fourth-order valence-electron chi connectivity index (χ4n) is 2.01. The van der Waals surface area contributed by atoms with Crippen LogP contribution in [0.25, 0.3) is 11.4 Å². The monoisotopic (exact) mass is 293 g/mol. The third-order valence-corrected chi connectivity index (χ3v) is 3.18. The van der Waals surface area contributed by atoms with Crippen molar-refractivity contribution < 1.29 is 9.21 Å². The van der Waals surface area contributed by atoms with Crippen LogP contribution in [0.1, 0.15) is 23.2 Å². The van der Waals surface area contributed by atoms with Crippen LogP contribution < -0.4 is 5.32 Å². The fraction of sp³-hybridized carbons (Fsp3) is 0.118. The molecule has 1 aromatic carbocycles. The van der Waals surface area contributed by atoms with Gasteiger partial charge in [0.05, 0.1) is 18.1 Å². The van der Waals surface area contributed by atoms with Crippen molar-refractivity contribution in [2.24, 2.45) is 0 Å². The van der Waals surface area contributed by atoms with Crippen molar-refractivity contribution in [1.29, 1.82) is 0 Å². The van der Waals surface area contributed by atoms with E-state index < -0.39 is 0 Å². The summed E-state index contributed by atoms with van der Waals surface area (Å²) >= 11 is 0. The molecule has 3 aromatic rings. The van der Waals surface area contributed by atoms with Gasteiger partial charge in [-0.15, -0.1) is 0 Å². The average molecular weight is 293 g/mol. The standard InChI is InChI=1S/C17H15N3O2/c1-2-14-8-9-15(22-14)17(21)20-13-10-18-16(19-11-13)12-6-4-3-5-7-12/h3-11H,2H2,1H3,(H,20,21). The minimum absolute atomic E-state index is 0.281. The fourth-order valence-corrected chi connectivity index (χ4v) is 2.01. The van der Waals surface area contributed by atoms with Gasteiger partial charge in [0.15, 0.2) is 11.6 Å². The summed E-state index contributed by atoms with van der Waals surface area (Å²) in [5.74, 6) is 1.37. The van der Waals surface area contributed by atoms with Crippen LogP contribution >= 0.6 is 0 Å². The van der Waals surface area contributed by atoms with E-state index in [0.717, 1.165) is 17.7 Å². The van der Waals surface area contributed by atoms with Crippen LogP contribution in [-0.2, 0) is 6.42 Å². The minimum atomic E-state index is -0.309. The van der Waals surface area contributed by atoms with Crippen molar-refractivity contribution in [1.82, 2.24) is 9.97 Å². The summed E-state index contributed by atoms with van der Waals surface area (Å²) in [6.07, 6.45) is 3.91. The van der Waals surface area contributed by atoms with E-state index in [1.165, 1.54) is 0 Å². The third kappa shape index (κ3) is 3.03. The molecule has 0 unspecified atom stereocenters. The molecule has 0 fully saturated rings. The minimum Gasteiger partial charge on any atom is -0.456 e. The first-order valence-corrected chi connectivity index (χ1v) is 7.04. The van der Waals surface area contributed by atoms with E-state index in [2.05, 4.69) is 15.3 Å². The summed E-state index contributed by atoms with van der Waals surface area (Å²) in [7, 11) is 0. The predicted molar refractivity (Wildman–Crippen MR) is 83.5 cm³/mol. The van der Waals surface area contributed by atoms with Crippen LogP contribution in [0.2, 0.25) is 0 Å². The summed E-state index contributed by atoms with van der Waals surface area (Å²) in [5, 5.41) is 2.72. The summed E-state index contributed by atoms with van der Waals surface area (Å²) in [6.45, 7) is 1.97. The Morgan fingerprint density at radius 1 is 1.09 bits per heavy atom. The molecular weight excluding hydrogens is 278 g/mol. The van der Waals surface area contributed by atoms with Crippen LogP contribution in [0.15, 0.2) is 59.3 Å². The topological polar surface area (TPSA) is 68.0 Å². The Morgan fingerprint density at radius 3 is 2.45 bits per heavy atom. The van der Waals surface area contributed by atoms with Gasteiger partial charge < -0.3 is 9.73 Å². The maximum absolute atomic E-state index is 12.0. The number of carbonyl (C=O) groups excluding carboxylic acids is 1. The van der Waals surface area contributed by atoms with E-state index >= 15 is 0 Å². The molecule has 0 spiro atoms. The average Bonchev–Trinajstić information content (AvgIpc) is 3.06. The van der Waals surface area contributed by atoms with E-state index in [1.807, 2.05) is 37.3 Å². The van der Waals surface area contributed by atoms with Gasteiger partial charge in [-0.2, -0.15) is 0 Å². The highest BCUT2D eigenvalue weighted by atomic mass is 16.3. The lowest BCUT2D eigenvalue weighted by Crippen LogP contribution is -2.11. The maximum atomic E-state index is 12.0. The molecule has 0 atom stereocenters. The molecule has 1 N–H and O–H groups in total. The third-order valence-electron chi connectivity index (χ3n) is 3.18. The summed E-state index contributed by atoms with van der Waals surface area (Å²) in [6, 6.07) is 13.1. The molecule has 3 rings (SSSR count). The number of carbonyl (C=O) groups is 1. The van der Waals surface area contributed by atoms with Crippen LogP contribution in [0.4, 0.5) is 5.69 Å². The maximum Gasteiger partial charge on any atom is 0.291 e. The van der Waals surface area contributed by atoms with E-state index in [4.69, 9.17) is 4.42 Å². The van der Waals surface area contributed by atoms with Crippen molar-refractivity contribution in [3.8, 4) is 11.4 Å². The number of aromatic nitrogens is 2. The number of amides is 1. The van der Waals surface area contributed by atoms with E-state index in [9.17, 15) is 4.79 Å². The Morgan fingerprint density at radius 2 is 1.82 bits per heavy atom. The highest BCUT2D eigenvalue weighted by molar-refractivity contribution is 6.02. The van der Waals surface area contributed by atoms with Gasteiger partial charge in [0.1, 0.15) is 5.76 Å². The van der Waals surface area contributed by atoms with E-state index in [0.29, 0.717) is 11.5 Å².